The van der Waals surface area contributed by atoms with E-state index in [9.17, 15) is 19.8 Å². The fraction of sp³-hybridized carbons (Fsp3) is 0.667. The average molecular weight is 293 g/mol. The monoisotopic (exact) mass is 293 g/mol. The summed E-state index contributed by atoms with van der Waals surface area (Å²) in [5, 5.41) is 23.9. The first-order chi connectivity index (χ1) is 8.66. The Morgan fingerprint density at radius 3 is 2.45 bits per heavy atom. The predicted molar refractivity (Wildman–Crippen MR) is 60.5 cm³/mol. The summed E-state index contributed by atoms with van der Waals surface area (Å²) in [6, 6.07) is -0.566. The second-order valence-electron chi connectivity index (χ2n) is 5.22. The average Bonchev–Trinajstić information content (AvgIpc) is 2.59. The van der Waals surface area contributed by atoms with Crippen molar-refractivity contribution in [3.8, 4) is 0 Å². The first kappa shape index (κ1) is 17.6. The van der Waals surface area contributed by atoms with E-state index in [-0.39, 0.29) is 35.5 Å². The van der Waals surface area contributed by atoms with Crippen molar-refractivity contribution in [2.24, 2.45) is 0 Å². The zero-order valence-corrected chi connectivity index (χ0v) is 13.9. The molecule has 0 aromatic carbocycles. The van der Waals surface area contributed by atoms with Crippen molar-refractivity contribution in [3.63, 3.8) is 0 Å². The Hall–Kier alpha value is -0.440. The molecule has 106 valence electrons. The van der Waals surface area contributed by atoms with Crippen molar-refractivity contribution in [1.29, 1.82) is 0 Å². The maximum atomic E-state index is 11.1. The zero-order chi connectivity index (χ0) is 14.4. The third-order valence-corrected chi connectivity index (χ3v) is 3.17. The van der Waals surface area contributed by atoms with E-state index in [1.165, 1.54) is 13.0 Å². The van der Waals surface area contributed by atoms with Crippen LogP contribution in [-0.2, 0) is 19.1 Å². The number of amides is 1. The number of ether oxygens (including phenoxy) is 2. The van der Waals surface area contributed by atoms with Crippen LogP contribution in [-0.4, -0.2) is 46.6 Å². The SMILES string of the molecule is CC(=O)N[C@@H]1C=C[C@](O)(C(=O)[O-])[C@@H]2OC(C)(C)O[C@H]21.[Na+]. The van der Waals surface area contributed by atoms with Crippen LogP contribution in [0.2, 0.25) is 0 Å². The largest absolute Gasteiger partial charge is 1.00 e. The maximum Gasteiger partial charge on any atom is 1.00 e. The Labute approximate surface area is 138 Å². The molecule has 1 aliphatic heterocycles. The molecule has 1 aliphatic carbocycles. The molecule has 1 heterocycles. The molecule has 2 aliphatic rings. The molecule has 20 heavy (non-hydrogen) atoms. The summed E-state index contributed by atoms with van der Waals surface area (Å²) in [7, 11) is 0. The van der Waals surface area contributed by atoms with Crippen LogP contribution < -0.4 is 40.0 Å². The van der Waals surface area contributed by atoms with Crippen molar-refractivity contribution in [3.05, 3.63) is 12.2 Å². The Bertz CT molecular complexity index is 451. The molecule has 7 nitrogen and oxygen atoms in total. The third-order valence-electron chi connectivity index (χ3n) is 3.17. The van der Waals surface area contributed by atoms with Crippen molar-refractivity contribution in [2.75, 3.05) is 0 Å². The van der Waals surface area contributed by atoms with Gasteiger partial charge in [-0.05, 0) is 19.9 Å². The molecule has 8 heteroatoms. The minimum Gasteiger partial charge on any atom is -0.547 e. The quantitative estimate of drug-likeness (QED) is 0.390. The number of fused-ring (bicyclic) bond motifs is 1. The molecule has 2 rings (SSSR count). The van der Waals surface area contributed by atoms with E-state index in [0.717, 1.165) is 6.08 Å². The van der Waals surface area contributed by atoms with Crippen molar-refractivity contribution in [2.45, 2.75) is 50.4 Å². The van der Waals surface area contributed by atoms with Crippen LogP contribution in [0, 0.1) is 0 Å². The fourth-order valence-electron chi connectivity index (χ4n) is 2.40. The molecule has 0 bridgehead atoms. The van der Waals surface area contributed by atoms with Crippen LogP contribution in [0.15, 0.2) is 12.2 Å². The third kappa shape index (κ3) is 3.08. The molecule has 0 spiro atoms. The van der Waals surface area contributed by atoms with Crippen molar-refractivity contribution < 1.29 is 58.8 Å². The summed E-state index contributed by atoms with van der Waals surface area (Å²) in [6.07, 6.45) is 0.499. The van der Waals surface area contributed by atoms with Gasteiger partial charge in [-0.3, -0.25) is 4.79 Å². The second kappa shape index (κ2) is 5.75. The van der Waals surface area contributed by atoms with E-state index >= 15 is 0 Å². The van der Waals surface area contributed by atoms with Gasteiger partial charge in [0.05, 0.1) is 12.0 Å². The van der Waals surface area contributed by atoms with Gasteiger partial charge in [0.2, 0.25) is 5.91 Å². The minimum absolute atomic E-state index is 0. The van der Waals surface area contributed by atoms with Crippen LogP contribution in [0.25, 0.3) is 0 Å². The number of aliphatic carboxylic acids is 1. The molecule has 0 radical (unpaired) electrons. The number of carbonyl (C=O) groups excluding carboxylic acids is 2. The number of carboxylic acids is 1. The molecule has 0 saturated carbocycles. The van der Waals surface area contributed by atoms with Gasteiger partial charge < -0.3 is 29.8 Å². The zero-order valence-electron chi connectivity index (χ0n) is 11.9. The summed E-state index contributed by atoms with van der Waals surface area (Å²) in [5.74, 6) is -3.01. The van der Waals surface area contributed by atoms with Crippen molar-refractivity contribution in [1.82, 2.24) is 5.32 Å². The summed E-state index contributed by atoms with van der Waals surface area (Å²) >= 11 is 0. The van der Waals surface area contributed by atoms with Crippen LogP contribution >= 0.6 is 0 Å². The van der Waals surface area contributed by atoms with E-state index < -0.39 is 35.6 Å². The van der Waals surface area contributed by atoms with Crippen LogP contribution in [0.5, 0.6) is 0 Å². The van der Waals surface area contributed by atoms with Gasteiger partial charge in [0, 0.05) is 6.92 Å². The van der Waals surface area contributed by atoms with Gasteiger partial charge in [0.15, 0.2) is 11.4 Å². The molecule has 1 amide bonds. The van der Waals surface area contributed by atoms with Crippen LogP contribution in [0.4, 0.5) is 0 Å². The normalized spacial score (nSPS) is 37.7. The predicted octanol–water partition coefficient (Wildman–Crippen LogP) is -4.93. The van der Waals surface area contributed by atoms with Gasteiger partial charge in [-0.25, -0.2) is 0 Å². The minimum atomic E-state index is -2.27. The molecular weight excluding hydrogens is 277 g/mol. The molecule has 0 unspecified atom stereocenters. The first-order valence-electron chi connectivity index (χ1n) is 5.91. The van der Waals surface area contributed by atoms with Gasteiger partial charge >= 0.3 is 29.6 Å². The number of aliphatic hydroxyl groups is 1. The topological polar surface area (TPSA) is 108 Å². The van der Waals surface area contributed by atoms with E-state index in [1.807, 2.05) is 0 Å². The fourth-order valence-corrected chi connectivity index (χ4v) is 2.40. The van der Waals surface area contributed by atoms with Crippen LogP contribution in [0.3, 0.4) is 0 Å². The Balaban J connectivity index is 0.00000200. The molecular formula is C12H16NNaO6. The maximum absolute atomic E-state index is 11.1. The summed E-state index contributed by atoms with van der Waals surface area (Å²) in [4.78, 5) is 22.2. The summed E-state index contributed by atoms with van der Waals surface area (Å²) in [6.45, 7) is 4.54. The van der Waals surface area contributed by atoms with Gasteiger partial charge in [-0.2, -0.15) is 0 Å². The van der Waals surface area contributed by atoms with E-state index in [1.54, 1.807) is 13.8 Å². The number of rotatable bonds is 2. The first-order valence-corrected chi connectivity index (χ1v) is 5.91. The smallest absolute Gasteiger partial charge is 0.547 e. The van der Waals surface area contributed by atoms with E-state index in [0.29, 0.717) is 0 Å². The summed E-state index contributed by atoms with van der Waals surface area (Å²) in [5.41, 5.74) is -2.27. The van der Waals surface area contributed by atoms with Crippen molar-refractivity contribution >= 4 is 11.9 Å². The van der Waals surface area contributed by atoms with E-state index in [4.69, 9.17) is 9.47 Å². The summed E-state index contributed by atoms with van der Waals surface area (Å²) < 4.78 is 11.0. The number of hydrogen-bond donors (Lipinski definition) is 2. The number of hydrogen-bond acceptors (Lipinski definition) is 6. The molecule has 1 saturated heterocycles. The standard InChI is InChI=1S/C12H17NO6.Na/c1-6(14)13-7-4-5-12(17,10(15)16)9-8(7)18-11(2,3)19-9;/h4-5,7-9,17H,1-3H3,(H,13,14)(H,15,16);/q;+1/p-1/t7-,8+,9-,12-;/m1./s1. The Kier molecular flexibility index (Phi) is 5.06. The number of nitrogens with one attached hydrogen (secondary N) is 1. The number of carbonyl (C=O) groups is 2. The van der Waals surface area contributed by atoms with Gasteiger partial charge in [0.25, 0.3) is 0 Å². The van der Waals surface area contributed by atoms with Gasteiger partial charge in [-0.15, -0.1) is 0 Å². The van der Waals surface area contributed by atoms with Crippen LogP contribution in [0.1, 0.15) is 20.8 Å². The Morgan fingerprint density at radius 2 is 1.95 bits per heavy atom. The molecule has 0 aromatic heterocycles. The molecule has 4 atom stereocenters. The molecule has 0 aromatic rings. The van der Waals surface area contributed by atoms with E-state index in [2.05, 4.69) is 5.32 Å². The van der Waals surface area contributed by atoms with Gasteiger partial charge in [0.1, 0.15) is 12.2 Å². The second-order valence-corrected chi connectivity index (χ2v) is 5.22. The number of carboxylic acid groups (broad SMARTS) is 1. The molecule has 1 fully saturated rings. The molecule has 2 N–H and O–H groups in total. The Morgan fingerprint density at radius 1 is 1.35 bits per heavy atom. The van der Waals surface area contributed by atoms with Gasteiger partial charge in [-0.1, -0.05) is 6.08 Å².